The van der Waals surface area contributed by atoms with Crippen molar-refractivity contribution >= 4 is 5.91 Å². The molecule has 1 amide bonds. The molecule has 0 saturated carbocycles. The maximum atomic E-state index is 13.8. The minimum Gasteiger partial charge on any atom is -0.494 e. The molecule has 0 aromatic heterocycles. The molecule has 6 heteroatoms. The molecule has 2 aliphatic heterocycles. The first-order valence-corrected chi connectivity index (χ1v) is 7.86. The Morgan fingerprint density at radius 2 is 2.09 bits per heavy atom. The number of carbonyl (C=O) groups is 1. The molecule has 1 aromatic rings. The number of nitrogens with zero attached hydrogens (tertiary/aromatic N) is 1. The largest absolute Gasteiger partial charge is 0.494 e. The van der Waals surface area contributed by atoms with E-state index in [1.54, 1.807) is 18.1 Å². The number of piperidine rings is 1. The van der Waals surface area contributed by atoms with Gasteiger partial charge in [-0.1, -0.05) is 0 Å². The van der Waals surface area contributed by atoms with Crippen molar-refractivity contribution in [3.05, 3.63) is 29.6 Å². The van der Waals surface area contributed by atoms with Crippen LogP contribution in [0, 0.1) is 5.82 Å². The first kappa shape index (κ1) is 16.2. The highest BCUT2D eigenvalue weighted by atomic mass is 19.1. The highest BCUT2D eigenvalue weighted by Crippen LogP contribution is 2.37. The number of halogens is 1. The van der Waals surface area contributed by atoms with Gasteiger partial charge in [-0.2, -0.15) is 0 Å². The van der Waals surface area contributed by atoms with Crippen molar-refractivity contribution in [2.24, 2.45) is 0 Å². The molecule has 1 aromatic carbocycles. The summed E-state index contributed by atoms with van der Waals surface area (Å²) in [5.74, 6) is -0.527. The van der Waals surface area contributed by atoms with Crippen LogP contribution in [-0.2, 0) is 9.47 Å². The highest BCUT2D eigenvalue weighted by Gasteiger charge is 2.43. The van der Waals surface area contributed by atoms with Crippen LogP contribution in [0.2, 0.25) is 0 Å². The summed E-state index contributed by atoms with van der Waals surface area (Å²) in [6.07, 6.45) is 2.60. The number of hydrogen-bond donors (Lipinski definition) is 0. The van der Waals surface area contributed by atoms with Crippen molar-refractivity contribution in [2.75, 3.05) is 33.9 Å². The molecule has 2 heterocycles. The maximum Gasteiger partial charge on any atom is 0.253 e. The van der Waals surface area contributed by atoms with Gasteiger partial charge in [0.05, 0.1) is 25.4 Å². The van der Waals surface area contributed by atoms with Crippen LogP contribution in [0.4, 0.5) is 4.39 Å². The third kappa shape index (κ3) is 3.19. The van der Waals surface area contributed by atoms with Gasteiger partial charge in [0.2, 0.25) is 0 Å². The van der Waals surface area contributed by atoms with Crippen molar-refractivity contribution in [2.45, 2.75) is 31.0 Å². The quantitative estimate of drug-likeness (QED) is 0.856. The summed E-state index contributed by atoms with van der Waals surface area (Å²) >= 11 is 0. The van der Waals surface area contributed by atoms with E-state index in [1.807, 2.05) is 0 Å². The van der Waals surface area contributed by atoms with E-state index in [4.69, 9.17) is 14.2 Å². The zero-order valence-corrected chi connectivity index (χ0v) is 13.5. The molecule has 2 saturated heterocycles. The Kier molecular flexibility index (Phi) is 4.55. The molecule has 126 valence electrons. The summed E-state index contributed by atoms with van der Waals surface area (Å²) in [6, 6.07) is 4.32. The first-order chi connectivity index (χ1) is 11.1. The fourth-order valence-corrected chi connectivity index (χ4v) is 3.40. The number of carbonyl (C=O) groups excluding carboxylic acids is 1. The van der Waals surface area contributed by atoms with Gasteiger partial charge in [0.25, 0.3) is 5.91 Å². The van der Waals surface area contributed by atoms with Crippen LogP contribution >= 0.6 is 0 Å². The molecule has 3 rings (SSSR count). The van der Waals surface area contributed by atoms with Gasteiger partial charge in [0.1, 0.15) is 0 Å². The van der Waals surface area contributed by atoms with Gasteiger partial charge in [-0.15, -0.1) is 0 Å². The molecular formula is C17H22FNO4. The number of amides is 1. The van der Waals surface area contributed by atoms with Gasteiger partial charge in [-0.25, -0.2) is 4.39 Å². The number of ether oxygens (including phenoxy) is 3. The van der Waals surface area contributed by atoms with Crippen LogP contribution in [0.25, 0.3) is 0 Å². The SMILES string of the molecule is COc1ccc(C(=O)N2CCC3(CC2)CC(OC)CO3)cc1F. The zero-order valence-electron chi connectivity index (χ0n) is 13.5. The molecule has 1 spiro atoms. The molecule has 0 radical (unpaired) electrons. The molecule has 0 N–H and O–H groups in total. The Bertz CT molecular complexity index is 584. The third-order valence-corrected chi connectivity index (χ3v) is 4.87. The molecule has 0 aliphatic carbocycles. The predicted molar refractivity (Wildman–Crippen MR) is 82.2 cm³/mol. The number of rotatable bonds is 3. The summed E-state index contributed by atoms with van der Waals surface area (Å²) in [7, 11) is 3.10. The number of methoxy groups -OCH3 is 2. The first-order valence-electron chi connectivity index (χ1n) is 7.86. The smallest absolute Gasteiger partial charge is 0.253 e. The Hall–Kier alpha value is -1.66. The fraction of sp³-hybridized carbons (Fsp3) is 0.588. The summed E-state index contributed by atoms with van der Waals surface area (Å²) < 4.78 is 29.9. The van der Waals surface area contributed by atoms with Gasteiger partial charge in [-0.3, -0.25) is 4.79 Å². The lowest BCUT2D eigenvalue weighted by Crippen LogP contribution is -2.46. The van der Waals surface area contributed by atoms with Crippen molar-refractivity contribution in [3.8, 4) is 5.75 Å². The fourth-order valence-electron chi connectivity index (χ4n) is 3.40. The van der Waals surface area contributed by atoms with Gasteiger partial charge in [0.15, 0.2) is 11.6 Å². The van der Waals surface area contributed by atoms with E-state index in [9.17, 15) is 9.18 Å². The Morgan fingerprint density at radius 1 is 1.35 bits per heavy atom. The maximum absolute atomic E-state index is 13.8. The van der Waals surface area contributed by atoms with E-state index in [-0.39, 0.29) is 23.4 Å². The van der Waals surface area contributed by atoms with Crippen LogP contribution in [0.1, 0.15) is 29.6 Å². The predicted octanol–water partition coefficient (Wildman–Crippen LogP) is 2.24. The second-order valence-corrected chi connectivity index (χ2v) is 6.20. The second kappa shape index (κ2) is 6.45. The molecular weight excluding hydrogens is 301 g/mol. The lowest BCUT2D eigenvalue weighted by Gasteiger charge is -2.38. The molecule has 0 bridgehead atoms. The molecule has 2 aliphatic rings. The molecule has 5 nitrogen and oxygen atoms in total. The van der Waals surface area contributed by atoms with E-state index < -0.39 is 5.82 Å². The van der Waals surface area contributed by atoms with E-state index >= 15 is 0 Å². The molecule has 1 atom stereocenters. The lowest BCUT2D eigenvalue weighted by molar-refractivity contribution is -0.0402. The number of likely N-dealkylation sites (tertiary alicyclic amines) is 1. The standard InChI is InChI=1S/C17H22FNO4/c1-21-13-10-17(23-11-13)5-7-19(8-6-17)16(20)12-3-4-15(22-2)14(18)9-12/h3-4,9,13H,5-8,10-11H2,1-2H3. The van der Waals surface area contributed by atoms with Gasteiger partial charge < -0.3 is 19.1 Å². The van der Waals surface area contributed by atoms with Crippen molar-refractivity contribution in [3.63, 3.8) is 0 Å². The normalized spacial score (nSPS) is 23.3. The lowest BCUT2D eigenvalue weighted by atomic mass is 9.87. The van der Waals surface area contributed by atoms with Crippen LogP contribution in [0.15, 0.2) is 18.2 Å². The average Bonchev–Trinajstić information content (AvgIpc) is 2.98. The zero-order chi connectivity index (χ0) is 16.4. The number of benzene rings is 1. The van der Waals surface area contributed by atoms with E-state index in [0.29, 0.717) is 25.3 Å². The molecule has 2 fully saturated rings. The minimum atomic E-state index is -0.520. The highest BCUT2D eigenvalue weighted by molar-refractivity contribution is 5.94. The van der Waals surface area contributed by atoms with Gasteiger partial charge in [0, 0.05) is 32.2 Å². The van der Waals surface area contributed by atoms with Crippen molar-refractivity contribution in [1.82, 2.24) is 4.90 Å². The van der Waals surface area contributed by atoms with E-state index in [2.05, 4.69) is 0 Å². The topological polar surface area (TPSA) is 48.0 Å². The monoisotopic (exact) mass is 323 g/mol. The Labute approximate surface area is 135 Å². The molecule has 23 heavy (non-hydrogen) atoms. The average molecular weight is 323 g/mol. The van der Waals surface area contributed by atoms with Crippen molar-refractivity contribution in [1.29, 1.82) is 0 Å². The summed E-state index contributed by atoms with van der Waals surface area (Å²) in [5, 5.41) is 0. The van der Waals surface area contributed by atoms with Crippen molar-refractivity contribution < 1.29 is 23.4 Å². The number of hydrogen-bond acceptors (Lipinski definition) is 4. The van der Waals surface area contributed by atoms with E-state index in [1.165, 1.54) is 19.2 Å². The Balaban J connectivity index is 1.63. The summed E-state index contributed by atoms with van der Waals surface area (Å²) in [5.41, 5.74) is 0.184. The van der Waals surface area contributed by atoms with Crippen LogP contribution in [0.5, 0.6) is 5.75 Å². The minimum absolute atomic E-state index is 0.143. The third-order valence-electron chi connectivity index (χ3n) is 4.87. The van der Waals surface area contributed by atoms with Gasteiger partial charge in [-0.05, 0) is 31.0 Å². The molecule has 1 unspecified atom stereocenters. The van der Waals surface area contributed by atoms with Gasteiger partial charge >= 0.3 is 0 Å². The van der Waals surface area contributed by atoms with Crippen LogP contribution in [0.3, 0.4) is 0 Å². The second-order valence-electron chi connectivity index (χ2n) is 6.20. The Morgan fingerprint density at radius 3 is 2.65 bits per heavy atom. The van der Waals surface area contributed by atoms with Crippen LogP contribution in [-0.4, -0.2) is 56.4 Å². The van der Waals surface area contributed by atoms with E-state index in [0.717, 1.165) is 19.3 Å². The summed E-state index contributed by atoms with van der Waals surface area (Å²) in [6.45, 7) is 1.85. The summed E-state index contributed by atoms with van der Waals surface area (Å²) in [4.78, 5) is 14.3. The van der Waals surface area contributed by atoms with Crippen LogP contribution < -0.4 is 4.74 Å².